The van der Waals surface area contributed by atoms with E-state index in [0.29, 0.717) is 5.56 Å². The van der Waals surface area contributed by atoms with Crippen molar-refractivity contribution < 1.29 is 4.79 Å². The van der Waals surface area contributed by atoms with Crippen LogP contribution in [0.5, 0.6) is 0 Å². The fraction of sp³-hybridized carbons (Fsp3) is 0. The number of rotatable bonds is 3. The summed E-state index contributed by atoms with van der Waals surface area (Å²) in [5.74, 6) is -0.109. The van der Waals surface area contributed by atoms with Crippen molar-refractivity contribution in [3.05, 3.63) is 76.4 Å². The van der Waals surface area contributed by atoms with E-state index in [2.05, 4.69) is 32.9 Å². The SMILES string of the molecule is O=C(Nc1ccc(-n2ccnc2)cc1)c1ccc(I)cc1. The summed E-state index contributed by atoms with van der Waals surface area (Å²) in [4.78, 5) is 16.1. The van der Waals surface area contributed by atoms with Crippen molar-refractivity contribution in [3.63, 3.8) is 0 Å². The second-order valence-electron chi connectivity index (χ2n) is 4.48. The Bertz CT molecular complexity index is 734. The van der Waals surface area contributed by atoms with Gasteiger partial charge in [0.1, 0.15) is 0 Å². The molecule has 3 rings (SSSR count). The van der Waals surface area contributed by atoms with E-state index < -0.39 is 0 Å². The highest BCUT2D eigenvalue weighted by Gasteiger charge is 2.05. The zero-order chi connectivity index (χ0) is 14.7. The van der Waals surface area contributed by atoms with Crippen LogP contribution in [0.1, 0.15) is 10.4 Å². The van der Waals surface area contributed by atoms with E-state index in [1.165, 1.54) is 0 Å². The van der Waals surface area contributed by atoms with Gasteiger partial charge in [-0.15, -0.1) is 0 Å². The monoisotopic (exact) mass is 389 g/mol. The van der Waals surface area contributed by atoms with Crippen LogP contribution in [0.15, 0.2) is 67.3 Å². The lowest BCUT2D eigenvalue weighted by atomic mass is 10.2. The van der Waals surface area contributed by atoms with Gasteiger partial charge in [-0.2, -0.15) is 0 Å². The van der Waals surface area contributed by atoms with Crippen molar-refractivity contribution in [2.75, 3.05) is 5.32 Å². The first kappa shape index (κ1) is 13.8. The fourth-order valence-electron chi connectivity index (χ4n) is 1.93. The van der Waals surface area contributed by atoms with Gasteiger partial charge in [-0.05, 0) is 71.1 Å². The van der Waals surface area contributed by atoms with E-state index in [-0.39, 0.29) is 5.91 Å². The minimum Gasteiger partial charge on any atom is -0.322 e. The molecule has 3 aromatic rings. The summed E-state index contributed by atoms with van der Waals surface area (Å²) >= 11 is 2.21. The van der Waals surface area contributed by atoms with Crippen molar-refractivity contribution >= 4 is 34.2 Å². The van der Waals surface area contributed by atoms with Crippen molar-refractivity contribution in [1.29, 1.82) is 0 Å². The smallest absolute Gasteiger partial charge is 0.255 e. The molecule has 0 fully saturated rings. The normalized spacial score (nSPS) is 10.3. The molecule has 0 aliphatic rings. The summed E-state index contributed by atoms with van der Waals surface area (Å²) in [5, 5.41) is 2.88. The molecule has 104 valence electrons. The Balaban J connectivity index is 1.73. The molecule has 0 spiro atoms. The topological polar surface area (TPSA) is 46.9 Å². The Morgan fingerprint density at radius 1 is 1.05 bits per heavy atom. The van der Waals surface area contributed by atoms with Gasteiger partial charge >= 0.3 is 0 Å². The fourth-order valence-corrected chi connectivity index (χ4v) is 2.29. The molecule has 0 saturated heterocycles. The molecule has 1 heterocycles. The van der Waals surface area contributed by atoms with Gasteiger partial charge in [0.2, 0.25) is 0 Å². The van der Waals surface area contributed by atoms with E-state index in [1.54, 1.807) is 12.5 Å². The summed E-state index contributed by atoms with van der Waals surface area (Å²) in [7, 11) is 0. The molecule has 0 aliphatic heterocycles. The van der Waals surface area contributed by atoms with Gasteiger partial charge in [-0.3, -0.25) is 4.79 Å². The summed E-state index contributed by atoms with van der Waals surface area (Å²) in [6.07, 6.45) is 5.34. The first-order valence-corrected chi connectivity index (χ1v) is 7.45. The molecule has 1 N–H and O–H groups in total. The number of hydrogen-bond donors (Lipinski definition) is 1. The van der Waals surface area contributed by atoms with Gasteiger partial charge < -0.3 is 9.88 Å². The van der Waals surface area contributed by atoms with E-state index in [1.807, 2.05) is 59.3 Å². The van der Waals surface area contributed by atoms with E-state index in [0.717, 1.165) is 14.9 Å². The first-order chi connectivity index (χ1) is 10.2. The molecule has 0 unspecified atom stereocenters. The van der Waals surface area contributed by atoms with Crippen molar-refractivity contribution in [2.24, 2.45) is 0 Å². The molecule has 0 atom stereocenters. The highest BCUT2D eigenvalue weighted by atomic mass is 127. The maximum atomic E-state index is 12.1. The Labute approximate surface area is 136 Å². The predicted octanol–water partition coefficient (Wildman–Crippen LogP) is 3.73. The average Bonchev–Trinajstić information content (AvgIpc) is 3.03. The number of aromatic nitrogens is 2. The third-order valence-corrected chi connectivity index (χ3v) is 3.75. The molecule has 2 aromatic carbocycles. The van der Waals surface area contributed by atoms with Crippen LogP contribution >= 0.6 is 22.6 Å². The molecule has 21 heavy (non-hydrogen) atoms. The molecule has 0 aliphatic carbocycles. The number of imidazole rings is 1. The molecule has 1 amide bonds. The summed E-state index contributed by atoms with van der Waals surface area (Å²) in [5.41, 5.74) is 2.41. The van der Waals surface area contributed by atoms with Crippen LogP contribution in [0.3, 0.4) is 0 Å². The number of nitrogens with zero attached hydrogens (tertiary/aromatic N) is 2. The second kappa shape index (κ2) is 6.09. The Morgan fingerprint density at radius 3 is 2.38 bits per heavy atom. The predicted molar refractivity (Wildman–Crippen MR) is 90.7 cm³/mol. The number of carbonyl (C=O) groups is 1. The lowest BCUT2D eigenvalue weighted by Gasteiger charge is -2.07. The Morgan fingerprint density at radius 2 is 1.76 bits per heavy atom. The maximum absolute atomic E-state index is 12.1. The summed E-state index contributed by atoms with van der Waals surface area (Å²) in [6, 6.07) is 15.1. The number of anilines is 1. The third-order valence-electron chi connectivity index (χ3n) is 3.03. The largest absolute Gasteiger partial charge is 0.322 e. The molecule has 5 heteroatoms. The quantitative estimate of drug-likeness (QED) is 0.694. The van der Waals surface area contributed by atoms with E-state index in [4.69, 9.17) is 0 Å². The number of nitrogens with one attached hydrogen (secondary N) is 1. The zero-order valence-electron chi connectivity index (χ0n) is 11.0. The minimum absolute atomic E-state index is 0.109. The molecule has 0 bridgehead atoms. The van der Waals surface area contributed by atoms with Gasteiger partial charge in [0.05, 0.1) is 6.33 Å². The van der Waals surface area contributed by atoms with Gasteiger partial charge in [0, 0.05) is 32.9 Å². The van der Waals surface area contributed by atoms with Crippen molar-refractivity contribution in [1.82, 2.24) is 9.55 Å². The van der Waals surface area contributed by atoms with Crippen LogP contribution in [0.4, 0.5) is 5.69 Å². The van der Waals surface area contributed by atoms with Gasteiger partial charge in [-0.25, -0.2) is 4.98 Å². The van der Waals surface area contributed by atoms with E-state index in [9.17, 15) is 4.79 Å². The standard InChI is InChI=1S/C16H12IN3O/c17-13-3-1-12(2-4-13)16(21)19-14-5-7-15(8-6-14)20-10-9-18-11-20/h1-11H,(H,19,21). The van der Waals surface area contributed by atoms with Crippen LogP contribution in [0.25, 0.3) is 5.69 Å². The average molecular weight is 389 g/mol. The molecule has 4 nitrogen and oxygen atoms in total. The lowest BCUT2D eigenvalue weighted by Crippen LogP contribution is -2.11. The molecule has 1 aromatic heterocycles. The van der Waals surface area contributed by atoms with Crippen molar-refractivity contribution in [3.8, 4) is 5.69 Å². The number of halogens is 1. The molecule has 0 saturated carbocycles. The molecule has 0 radical (unpaired) electrons. The zero-order valence-corrected chi connectivity index (χ0v) is 13.2. The van der Waals surface area contributed by atoms with E-state index >= 15 is 0 Å². The van der Waals surface area contributed by atoms with Crippen molar-refractivity contribution in [2.45, 2.75) is 0 Å². The minimum atomic E-state index is -0.109. The first-order valence-electron chi connectivity index (χ1n) is 6.38. The maximum Gasteiger partial charge on any atom is 0.255 e. The Hall–Kier alpha value is -2.15. The van der Waals surface area contributed by atoms with Crippen LogP contribution in [-0.4, -0.2) is 15.5 Å². The van der Waals surface area contributed by atoms with Crippen LogP contribution in [0, 0.1) is 3.57 Å². The highest BCUT2D eigenvalue weighted by molar-refractivity contribution is 14.1. The third kappa shape index (κ3) is 3.30. The lowest BCUT2D eigenvalue weighted by molar-refractivity contribution is 0.102. The number of carbonyl (C=O) groups excluding carboxylic acids is 1. The number of amides is 1. The molecular formula is C16H12IN3O. The van der Waals surface area contributed by atoms with Crippen LogP contribution < -0.4 is 5.32 Å². The second-order valence-corrected chi connectivity index (χ2v) is 5.72. The Kier molecular flexibility index (Phi) is 4.01. The van der Waals surface area contributed by atoms with Gasteiger partial charge in [-0.1, -0.05) is 0 Å². The molecular weight excluding hydrogens is 377 g/mol. The summed E-state index contributed by atoms with van der Waals surface area (Å²) in [6.45, 7) is 0. The van der Waals surface area contributed by atoms with Crippen LogP contribution in [-0.2, 0) is 0 Å². The van der Waals surface area contributed by atoms with Gasteiger partial charge in [0.25, 0.3) is 5.91 Å². The highest BCUT2D eigenvalue weighted by Crippen LogP contribution is 2.14. The number of hydrogen-bond acceptors (Lipinski definition) is 2. The summed E-state index contributed by atoms with van der Waals surface area (Å²) < 4.78 is 3.01. The number of benzene rings is 2. The van der Waals surface area contributed by atoms with Gasteiger partial charge in [0.15, 0.2) is 0 Å². The van der Waals surface area contributed by atoms with Crippen LogP contribution in [0.2, 0.25) is 0 Å².